The largest absolute Gasteiger partial charge is 0.502 e. The molecule has 0 N–H and O–H groups in total. The summed E-state index contributed by atoms with van der Waals surface area (Å²) in [6, 6.07) is 0. The first kappa shape index (κ1) is 12.0. The third-order valence-electron chi connectivity index (χ3n) is 1.02. The summed E-state index contributed by atoms with van der Waals surface area (Å²) in [7, 11) is 1.66. The van der Waals surface area contributed by atoms with E-state index in [0.717, 1.165) is 12.2 Å². The SMILES string of the molecule is C=CCC.CC=C(C)OC. The second-order valence-corrected chi connectivity index (χ2v) is 1.80. The van der Waals surface area contributed by atoms with Gasteiger partial charge in [-0.25, -0.2) is 0 Å². The Bertz CT molecular complexity index is 92.9. The van der Waals surface area contributed by atoms with E-state index in [2.05, 4.69) is 13.5 Å². The molecule has 0 aliphatic heterocycles. The van der Waals surface area contributed by atoms with E-state index in [4.69, 9.17) is 4.74 Å². The second-order valence-electron chi connectivity index (χ2n) is 1.80. The summed E-state index contributed by atoms with van der Waals surface area (Å²) in [5, 5.41) is 0. The Balaban J connectivity index is 0. The lowest BCUT2D eigenvalue weighted by molar-refractivity contribution is 0.293. The zero-order valence-corrected chi connectivity index (χ0v) is 7.48. The van der Waals surface area contributed by atoms with Gasteiger partial charge >= 0.3 is 0 Å². The van der Waals surface area contributed by atoms with Crippen molar-refractivity contribution in [2.45, 2.75) is 27.2 Å². The van der Waals surface area contributed by atoms with Gasteiger partial charge in [-0.2, -0.15) is 0 Å². The molecule has 0 heterocycles. The van der Waals surface area contributed by atoms with E-state index < -0.39 is 0 Å². The highest BCUT2D eigenvalue weighted by Crippen LogP contribution is 1.87. The first-order valence-corrected chi connectivity index (χ1v) is 3.50. The molecular formula is C9H18O. The standard InChI is InChI=1S/C5H10O.C4H8/c1-4-5(2)6-3;1-3-4-2/h4H,1-3H3;3H,1,4H2,2H3. The molecule has 0 saturated carbocycles. The van der Waals surface area contributed by atoms with Crippen molar-refractivity contribution >= 4 is 0 Å². The van der Waals surface area contributed by atoms with Gasteiger partial charge in [-0.1, -0.05) is 19.1 Å². The van der Waals surface area contributed by atoms with E-state index in [0.29, 0.717) is 0 Å². The summed E-state index contributed by atoms with van der Waals surface area (Å²) in [4.78, 5) is 0. The number of hydrogen-bond donors (Lipinski definition) is 0. The molecule has 1 heteroatoms. The Kier molecular flexibility index (Phi) is 13.4. The maximum Gasteiger partial charge on any atom is 0.0882 e. The first-order valence-electron chi connectivity index (χ1n) is 3.50. The minimum Gasteiger partial charge on any atom is -0.502 e. The Morgan fingerprint density at radius 1 is 1.60 bits per heavy atom. The number of allylic oxidation sites excluding steroid dienone is 3. The summed E-state index contributed by atoms with van der Waals surface area (Å²) < 4.78 is 4.76. The zero-order valence-electron chi connectivity index (χ0n) is 7.48. The third-order valence-corrected chi connectivity index (χ3v) is 1.02. The Morgan fingerprint density at radius 3 is 2.00 bits per heavy atom. The number of rotatable bonds is 2. The predicted molar refractivity (Wildman–Crippen MR) is 46.9 cm³/mol. The molecule has 0 aliphatic carbocycles. The molecule has 10 heavy (non-hydrogen) atoms. The van der Waals surface area contributed by atoms with Crippen LogP contribution in [0.1, 0.15) is 27.2 Å². The van der Waals surface area contributed by atoms with Crippen molar-refractivity contribution in [3.05, 3.63) is 24.5 Å². The fourth-order valence-electron chi connectivity index (χ4n) is 0.118. The van der Waals surface area contributed by atoms with Gasteiger partial charge in [-0.05, 0) is 20.3 Å². The topological polar surface area (TPSA) is 9.23 Å². The van der Waals surface area contributed by atoms with Crippen LogP contribution in [0.2, 0.25) is 0 Å². The molecule has 60 valence electrons. The Labute approximate surface area is 64.4 Å². The van der Waals surface area contributed by atoms with Crippen molar-refractivity contribution in [1.82, 2.24) is 0 Å². The lowest BCUT2D eigenvalue weighted by Gasteiger charge is -1.91. The van der Waals surface area contributed by atoms with Crippen molar-refractivity contribution in [3.8, 4) is 0 Å². The smallest absolute Gasteiger partial charge is 0.0882 e. The van der Waals surface area contributed by atoms with E-state index in [1.54, 1.807) is 7.11 Å². The molecule has 0 aromatic heterocycles. The monoisotopic (exact) mass is 142 g/mol. The molecule has 0 bridgehead atoms. The maximum atomic E-state index is 4.76. The molecule has 0 radical (unpaired) electrons. The van der Waals surface area contributed by atoms with Gasteiger partial charge in [0.05, 0.1) is 12.9 Å². The molecule has 0 amide bonds. The normalized spacial score (nSPS) is 9.40. The van der Waals surface area contributed by atoms with Crippen LogP contribution in [-0.2, 0) is 4.74 Å². The molecule has 0 atom stereocenters. The molecule has 0 aromatic rings. The average molecular weight is 142 g/mol. The summed E-state index contributed by atoms with van der Waals surface area (Å²) in [6.07, 6.45) is 4.88. The Hall–Kier alpha value is -0.720. The van der Waals surface area contributed by atoms with Crippen molar-refractivity contribution in [2.24, 2.45) is 0 Å². The van der Waals surface area contributed by atoms with Crippen molar-refractivity contribution < 1.29 is 4.74 Å². The van der Waals surface area contributed by atoms with Gasteiger partial charge in [-0.15, -0.1) is 6.58 Å². The van der Waals surface area contributed by atoms with E-state index >= 15 is 0 Å². The first-order chi connectivity index (χ1) is 4.72. The highest BCUT2D eigenvalue weighted by Gasteiger charge is 1.72. The van der Waals surface area contributed by atoms with Gasteiger partial charge in [0.25, 0.3) is 0 Å². The summed E-state index contributed by atoms with van der Waals surface area (Å²) in [5.74, 6) is 0.968. The molecule has 0 spiro atoms. The minimum atomic E-state index is 0.968. The third kappa shape index (κ3) is 15.7. The molecule has 1 nitrogen and oxygen atoms in total. The van der Waals surface area contributed by atoms with Gasteiger partial charge in [0.2, 0.25) is 0 Å². The van der Waals surface area contributed by atoms with Crippen LogP contribution < -0.4 is 0 Å². The summed E-state index contributed by atoms with van der Waals surface area (Å²) >= 11 is 0. The molecule has 0 unspecified atom stereocenters. The van der Waals surface area contributed by atoms with Crippen LogP contribution in [0.25, 0.3) is 0 Å². The fourth-order valence-corrected chi connectivity index (χ4v) is 0.118. The maximum absolute atomic E-state index is 4.76. The van der Waals surface area contributed by atoms with Crippen LogP contribution >= 0.6 is 0 Å². The molecular weight excluding hydrogens is 124 g/mol. The lowest BCUT2D eigenvalue weighted by Crippen LogP contribution is -1.73. The summed E-state index contributed by atoms with van der Waals surface area (Å²) in [6.45, 7) is 9.40. The second kappa shape index (κ2) is 11.1. The fraction of sp³-hybridized carbons (Fsp3) is 0.556. The van der Waals surface area contributed by atoms with E-state index in [-0.39, 0.29) is 0 Å². The van der Waals surface area contributed by atoms with Crippen LogP contribution in [0.5, 0.6) is 0 Å². The van der Waals surface area contributed by atoms with Crippen molar-refractivity contribution in [1.29, 1.82) is 0 Å². The molecule has 0 rings (SSSR count). The van der Waals surface area contributed by atoms with Gasteiger partial charge in [0, 0.05) is 0 Å². The van der Waals surface area contributed by atoms with Crippen LogP contribution in [0.4, 0.5) is 0 Å². The van der Waals surface area contributed by atoms with Crippen LogP contribution in [0.15, 0.2) is 24.5 Å². The quantitative estimate of drug-likeness (QED) is 0.425. The van der Waals surface area contributed by atoms with Crippen molar-refractivity contribution in [2.75, 3.05) is 7.11 Å². The number of hydrogen-bond acceptors (Lipinski definition) is 1. The van der Waals surface area contributed by atoms with E-state index in [1.807, 2.05) is 26.0 Å². The van der Waals surface area contributed by atoms with Gasteiger partial charge in [-0.3, -0.25) is 0 Å². The summed E-state index contributed by atoms with van der Waals surface area (Å²) in [5.41, 5.74) is 0. The Morgan fingerprint density at radius 2 is 2.00 bits per heavy atom. The van der Waals surface area contributed by atoms with Gasteiger partial charge < -0.3 is 4.74 Å². The highest BCUT2D eigenvalue weighted by atomic mass is 16.5. The molecule has 0 aliphatic rings. The molecule has 0 saturated heterocycles. The van der Waals surface area contributed by atoms with Gasteiger partial charge in [0.15, 0.2) is 0 Å². The van der Waals surface area contributed by atoms with Crippen LogP contribution in [0, 0.1) is 0 Å². The van der Waals surface area contributed by atoms with Crippen LogP contribution in [0.3, 0.4) is 0 Å². The van der Waals surface area contributed by atoms with E-state index in [1.165, 1.54) is 0 Å². The van der Waals surface area contributed by atoms with Gasteiger partial charge in [0.1, 0.15) is 0 Å². The number of ether oxygens (including phenoxy) is 1. The average Bonchev–Trinajstić information content (AvgIpc) is 2.03. The predicted octanol–water partition coefficient (Wildman–Crippen LogP) is 3.14. The molecule has 0 fully saturated rings. The highest BCUT2D eigenvalue weighted by molar-refractivity contribution is 4.82. The van der Waals surface area contributed by atoms with Crippen LogP contribution in [-0.4, -0.2) is 7.11 Å². The molecule has 0 aromatic carbocycles. The zero-order chi connectivity index (χ0) is 8.41. The van der Waals surface area contributed by atoms with Crippen molar-refractivity contribution in [3.63, 3.8) is 0 Å². The number of methoxy groups -OCH3 is 1. The van der Waals surface area contributed by atoms with E-state index in [9.17, 15) is 0 Å². The lowest BCUT2D eigenvalue weighted by atomic mass is 10.5. The minimum absolute atomic E-state index is 0.968.